The number of benzene rings is 1. The Balaban J connectivity index is 3.42. The van der Waals surface area contributed by atoms with Gasteiger partial charge in [-0.3, -0.25) is 0 Å². The molecular formula is C9H8N2O2. The average molecular weight is 176 g/mol. The number of carboxylic acid groups (broad SMARTS) is 1. The largest absolute Gasteiger partial charge is 0.478 e. The Hall–Kier alpha value is -2.02. The number of rotatable bonds is 1. The van der Waals surface area contributed by atoms with Gasteiger partial charge in [0, 0.05) is 5.69 Å². The van der Waals surface area contributed by atoms with E-state index in [1.165, 1.54) is 12.1 Å². The number of aryl methyl sites for hydroxylation is 1. The second kappa shape index (κ2) is 3.15. The molecule has 4 heteroatoms. The maximum atomic E-state index is 10.7. The third kappa shape index (κ3) is 1.59. The van der Waals surface area contributed by atoms with E-state index in [4.69, 9.17) is 16.1 Å². The van der Waals surface area contributed by atoms with Crippen LogP contribution in [0.2, 0.25) is 0 Å². The molecule has 0 heterocycles. The molecule has 0 aliphatic rings. The van der Waals surface area contributed by atoms with Gasteiger partial charge in [-0.1, -0.05) is 0 Å². The summed E-state index contributed by atoms with van der Waals surface area (Å²) in [4.78, 5) is 10.7. The lowest BCUT2D eigenvalue weighted by Crippen LogP contribution is -2.05. The average Bonchev–Trinajstić information content (AvgIpc) is 2.02. The molecule has 0 saturated heterocycles. The molecule has 0 aliphatic heterocycles. The fourth-order valence-electron chi connectivity index (χ4n) is 1.17. The number of nitrogens with two attached hydrogens (primary N) is 1. The van der Waals surface area contributed by atoms with Crippen molar-refractivity contribution in [2.75, 3.05) is 5.73 Å². The molecule has 0 spiro atoms. The van der Waals surface area contributed by atoms with Crippen LogP contribution in [0.15, 0.2) is 12.1 Å². The minimum absolute atomic E-state index is 0.0685. The SMILES string of the molecule is Cc1cc(C#N)cc(N)c1C(=O)O. The summed E-state index contributed by atoms with van der Waals surface area (Å²) in [5.41, 5.74) is 6.54. The molecule has 4 nitrogen and oxygen atoms in total. The second-order valence-corrected chi connectivity index (χ2v) is 2.67. The zero-order chi connectivity index (χ0) is 10.0. The van der Waals surface area contributed by atoms with Gasteiger partial charge in [-0.25, -0.2) is 4.79 Å². The fraction of sp³-hybridized carbons (Fsp3) is 0.111. The fourth-order valence-corrected chi connectivity index (χ4v) is 1.17. The standard InChI is InChI=1S/C9H8N2O2/c1-5-2-6(4-10)3-7(11)8(5)9(12)13/h2-3H,11H2,1H3,(H,12,13). The van der Waals surface area contributed by atoms with Crippen molar-refractivity contribution in [3.63, 3.8) is 0 Å². The van der Waals surface area contributed by atoms with Crippen molar-refractivity contribution >= 4 is 11.7 Å². The predicted octanol–water partition coefficient (Wildman–Crippen LogP) is 1.15. The van der Waals surface area contributed by atoms with Gasteiger partial charge in [0.05, 0.1) is 17.2 Å². The van der Waals surface area contributed by atoms with Crippen LogP contribution in [0, 0.1) is 18.3 Å². The summed E-state index contributed by atoms with van der Waals surface area (Å²) in [6.45, 7) is 1.61. The van der Waals surface area contributed by atoms with Gasteiger partial charge in [0.25, 0.3) is 0 Å². The zero-order valence-electron chi connectivity index (χ0n) is 7.03. The Kier molecular flexibility index (Phi) is 2.20. The first-order chi connectivity index (χ1) is 6.06. The molecule has 3 N–H and O–H groups in total. The van der Waals surface area contributed by atoms with E-state index >= 15 is 0 Å². The summed E-state index contributed by atoms with van der Waals surface area (Å²) in [6, 6.07) is 4.76. The van der Waals surface area contributed by atoms with Gasteiger partial charge in [0.1, 0.15) is 0 Å². The van der Waals surface area contributed by atoms with E-state index in [0.29, 0.717) is 11.1 Å². The number of hydrogen-bond donors (Lipinski definition) is 2. The lowest BCUT2D eigenvalue weighted by Gasteiger charge is -2.04. The topological polar surface area (TPSA) is 87.1 Å². The third-order valence-corrected chi connectivity index (χ3v) is 1.71. The van der Waals surface area contributed by atoms with Crippen molar-refractivity contribution in [3.8, 4) is 6.07 Å². The highest BCUT2D eigenvalue weighted by Gasteiger charge is 2.12. The molecule has 1 rings (SSSR count). The third-order valence-electron chi connectivity index (χ3n) is 1.71. The maximum Gasteiger partial charge on any atom is 0.338 e. The number of anilines is 1. The highest BCUT2D eigenvalue weighted by atomic mass is 16.4. The van der Waals surface area contributed by atoms with Crippen LogP contribution < -0.4 is 5.73 Å². The van der Waals surface area contributed by atoms with E-state index in [0.717, 1.165) is 0 Å². The number of carbonyl (C=O) groups is 1. The molecule has 0 bridgehead atoms. The van der Waals surface area contributed by atoms with Gasteiger partial charge in [0.15, 0.2) is 0 Å². The summed E-state index contributed by atoms with van der Waals surface area (Å²) in [6.07, 6.45) is 0. The molecule has 0 amide bonds. The van der Waals surface area contributed by atoms with E-state index in [1.54, 1.807) is 6.92 Å². The predicted molar refractivity (Wildman–Crippen MR) is 47.3 cm³/mol. The lowest BCUT2D eigenvalue weighted by atomic mass is 10.0. The van der Waals surface area contributed by atoms with Gasteiger partial charge in [-0.15, -0.1) is 0 Å². The normalized spacial score (nSPS) is 9.23. The summed E-state index contributed by atoms with van der Waals surface area (Å²) in [5, 5.41) is 17.3. The number of nitrogen functional groups attached to an aromatic ring is 1. The van der Waals surface area contributed by atoms with Crippen LogP contribution in [-0.2, 0) is 0 Å². The van der Waals surface area contributed by atoms with Crippen LogP contribution in [-0.4, -0.2) is 11.1 Å². The molecule has 0 atom stereocenters. The summed E-state index contributed by atoms with van der Waals surface area (Å²) in [5.74, 6) is -1.07. The number of nitriles is 1. The quantitative estimate of drug-likeness (QED) is 0.628. The molecule has 0 fully saturated rings. The van der Waals surface area contributed by atoms with Crippen molar-refractivity contribution < 1.29 is 9.90 Å². The van der Waals surface area contributed by atoms with E-state index < -0.39 is 5.97 Å². The van der Waals surface area contributed by atoms with Crippen LogP contribution in [0.3, 0.4) is 0 Å². The number of nitrogens with zero attached hydrogens (tertiary/aromatic N) is 1. The van der Waals surface area contributed by atoms with Gasteiger partial charge in [-0.2, -0.15) is 5.26 Å². The molecule has 66 valence electrons. The molecule has 0 unspecified atom stereocenters. The summed E-state index contributed by atoms with van der Waals surface area (Å²) >= 11 is 0. The molecule has 0 aliphatic carbocycles. The van der Waals surface area contributed by atoms with Crippen molar-refractivity contribution in [1.29, 1.82) is 5.26 Å². The van der Waals surface area contributed by atoms with Gasteiger partial charge in [0.2, 0.25) is 0 Å². The van der Waals surface area contributed by atoms with E-state index in [-0.39, 0.29) is 11.3 Å². The molecule has 1 aromatic rings. The van der Waals surface area contributed by atoms with E-state index in [2.05, 4.69) is 0 Å². The Labute approximate surface area is 75.2 Å². The highest BCUT2D eigenvalue weighted by molar-refractivity contribution is 5.95. The van der Waals surface area contributed by atoms with Crippen LogP contribution in [0.4, 0.5) is 5.69 Å². The van der Waals surface area contributed by atoms with Gasteiger partial charge in [-0.05, 0) is 24.6 Å². The smallest absolute Gasteiger partial charge is 0.338 e. The Morgan fingerprint density at radius 2 is 2.23 bits per heavy atom. The van der Waals surface area contributed by atoms with Crippen LogP contribution in [0.5, 0.6) is 0 Å². The molecule has 1 aromatic carbocycles. The highest BCUT2D eigenvalue weighted by Crippen LogP contribution is 2.18. The lowest BCUT2D eigenvalue weighted by molar-refractivity contribution is 0.0697. The maximum absolute atomic E-state index is 10.7. The summed E-state index contributed by atoms with van der Waals surface area (Å²) < 4.78 is 0. The molecular weight excluding hydrogens is 168 g/mol. The Bertz CT molecular complexity index is 382. The van der Waals surface area contributed by atoms with Crippen molar-refractivity contribution in [3.05, 3.63) is 28.8 Å². The molecule has 0 aromatic heterocycles. The number of carboxylic acids is 1. The van der Waals surface area contributed by atoms with Crippen LogP contribution >= 0.6 is 0 Å². The van der Waals surface area contributed by atoms with E-state index in [1.807, 2.05) is 6.07 Å². The Morgan fingerprint density at radius 1 is 1.62 bits per heavy atom. The van der Waals surface area contributed by atoms with Crippen molar-refractivity contribution in [1.82, 2.24) is 0 Å². The first-order valence-corrected chi connectivity index (χ1v) is 3.59. The van der Waals surface area contributed by atoms with Crippen molar-refractivity contribution in [2.45, 2.75) is 6.92 Å². The van der Waals surface area contributed by atoms with Gasteiger partial charge >= 0.3 is 5.97 Å². The monoisotopic (exact) mass is 176 g/mol. The zero-order valence-corrected chi connectivity index (χ0v) is 7.03. The van der Waals surface area contributed by atoms with Crippen LogP contribution in [0.25, 0.3) is 0 Å². The van der Waals surface area contributed by atoms with Crippen molar-refractivity contribution in [2.24, 2.45) is 0 Å². The number of aromatic carboxylic acids is 1. The number of hydrogen-bond acceptors (Lipinski definition) is 3. The van der Waals surface area contributed by atoms with Crippen LogP contribution in [0.1, 0.15) is 21.5 Å². The minimum atomic E-state index is -1.07. The first-order valence-electron chi connectivity index (χ1n) is 3.59. The van der Waals surface area contributed by atoms with Gasteiger partial charge < -0.3 is 10.8 Å². The minimum Gasteiger partial charge on any atom is -0.478 e. The second-order valence-electron chi connectivity index (χ2n) is 2.67. The molecule has 13 heavy (non-hydrogen) atoms. The molecule has 0 radical (unpaired) electrons. The first kappa shape index (κ1) is 9.07. The summed E-state index contributed by atoms with van der Waals surface area (Å²) in [7, 11) is 0. The molecule has 0 saturated carbocycles. The Morgan fingerprint density at radius 3 is 2.62 bits per heavy atom. The van der Waals surface area contributed by atoms with E-state index in [9.17, 15) is 4.79 Å².